The quantitative estimate of drug-likeness (QED) is 0.413. The first-order valence-corrected chi connectivity index (χ1v) is 5.64. The van der Waals surface area contributed by atoms with Crippen LogP contribution in [0.3, 0.4) is 0 Å². The zero-order valence-electron chi connectivity index (χ0n) is 9.92. The topological polar surface area (TPSA) is 108 Å². The number of carbonyl (C=O) groups is 4. The van der Waals surface area contributed by atoms with Crippen LogP contribution in [0.4, 0.5) is 0 Å². The van der Waals surface area contributed by atoms with E-state index >= 15 is 0 Å². The summed E-state index contributed by atoms with van der Waals surface area (Å²) in [5.41, 5.74) is 0. The highest BCUT2D eigenvalue weighted by Crippen LogP contribution is 2.13. The van der Waals surface area contributed by atoms with Crippen molar-refractivity contribution in [1.29, 1.82) is 5.41 Å². The van der Waals surface area contributed by atoms with Crippen LogP contribution in [0, 0.1) is 5.41 Å². The minimum atomic E-state index is -0.496. The second kappa shape index (κ2) is 5.01. The molecule has 0 unspecified atom stereocenters. The van der Waals surface area contributed by atoms with Crippen molar-refractivity contribution in [3.05, 3.63) is 12.2 Å². The van der Waals surface area contributed by atoms with E-state index in [0.717, 1.165) is 17.1 Å². The minimum Gasteiger partial charge on any atom is -0.354 e. The maximum Gasteiger partial charge on any atom is 0.263 e. The van der Waals surface area contributed by atoms with Crippen molar-refractivity contribution in [1.82, 2.24) is 9.96 Å². The molecule has 1 fully saturated rings. The third-order valence-corrected chi connectivity index (χ3v) is 2.67. The lowest BCUT2D eigenvalue weighted by Crippen LogP contribution is -2.35. The third-order valence-electron chi connectivity index (χ3n) is 2.67. The first-order chi connectivity index (χ1) is 8.99. The first kappa shape index (κ1) is 12.9. The van der Waals surface area contributed by atoms with Crippen LogP contribution in [0.25, 0.3) is 0 Å². The molecule has 2 heterocycles. The number of imide groups is 2. The first-order valence-electron chi connectivity index (χ1n) is 5.64. The summed E-state index contributed by atoms with van der Waals surface area (Å²) in [4.78, 5) is 50.7. The molecule has 0 atom stereocenters. The van der Waals surface area contributed by atoms with Gasteiger partial charge in [-0.05, 0) is 0 Å². The van der Waals surface area contributed by atoms with E-state index in [-0.39, 0.29) is 31.7 Å². The van der Waals surface area contributed by atoms with Gasteiger partial charge in [-0.3, -0.25) is 29.5 Å². The Morgan fingerprint density at radius 3 is 2.16 bits per heavy atom. The fourth-order valence-electron chi connectivity index (χ4n) is 1.68. The lowest BCUT2D eigenvalue weighted by Gasteiger charge is -2.17. The van der Waals surface area contributed by atoms with E-state index in [1.165, 1.54) is 0 Å². The summed E-state index contributed by atoms with van der Waals surface area (Å²) < 4.78 is 0. The molecule has 1 saturated heterocycles. The highest BCUT2D eigenvalue weighted by Gasteiger charge is 2.32. The summed E-state index contributed by atoms with van der Waals surface area (Å²) in [5.74, 6) is -2.25. The number of rotatable bonds is 4. The molecular weight excluding hydrogens is 254 g/mol. The smallest absolute Gasteiger partial charge is 0.263 e. The molecule has 19 heavy (non-hydrogen) atoms. The average molecular weight is 265 g/mol. The Labute approximate surface area is 108 Å². The predicted molar refractivity (Wildman–Crippen MR) is 60.4 cm³/mol. The largest absolute Gasteiger partial charge is 0.354 e. The van der Waals surface area contributed by atoms with Crippen LogP contribution in [-0.2, 0) is 24.0 Å². The molecule has 0 aromatic carbocycles. The number of hydrogen-bond donors (Lipinski definition) is 1. The van der Waals surface area contributed by atoms with Crippen LogP contribution in [0.15, 0.2) is 12.2 Å². The van der Waals surface area contributed by atoms with E-state index in [1.54, 1.807) is 0 Å². The molecule has 2 aliphatic heterocycles. The number of carbonyl (C=O) groups excluding carboxylic acids is 4. The second-order valence-electron chi connectivity index (χ2n) is 4.01. The molecule has 2 aliphatic rings. The number of amides is 4. The van der Waals surface area contributed by atoms with Crippen molar-refractivity contribution < 1.29 is 24.0 Å². The molecule has 0 bridgehead atoms. The van der Waals surface area contributed by atoms with Gasteiger partial charge in [-0.1, -0.05) is 0 Å². The highest BCUT2D eigenvalue weighted by atomic mass is 16.7. The molecule has 0 saturated carbocycles. The summed E-state index contributed by atoms with van der Waals surface area (Å²) in [6.45, 7) is -0.0281. The van der Waals surface area contributed by atoms with E-state index in [2.05, 4.69) is 0 Å². The van der Waals surface area contributed by atoms with Gasteiger partial charge in [0.1, 0.15) is 0 Å². The van der Waals surface area contributed by atoms with Gasteiger partial charge in [0.25, 0.3) is 23.6 Å². The molecule has 4 amide bonds. The van der Waals surface area contributed by atoms with Crippen molar-refractivity contribution >= 4 is 29.5 Å². The van der Waals surface area contributed by atoms with Gasteiger partial charge in [-0.2, -0.15) is 0 Å². The summed E-state index contributed by atoms with van der Waals surface area (Å²) in [6.07, 6.45) is 2.36. The van der Waals surface area contributed by atoms with E-state index in [9.17, 15) is 19.2 Å². The van der Waals surface area contributed by atoms with Crippen LogP contribution in [0.2, 0.25) is 0 Å². The Hall–Kier alpha value is -2.51. The van der Waals surface area contributed by atoms with Gasteiger partial charge in [0.2, 0.25) is 5.90 Å². The minimum absolute atomic E-state index is 0.0281. The predicted octanol–water partition coefficient (Wildman–Crippen LogP) is -0.641. The lowest BCUT2D eigenvalue weighted by molar-refractivity contribution is -0.168. The normalized spacial score (nSPS) is 18.7. The molecule has 0 radical (unpaired) electrons. The van der Waals surface area contributed by atoms with Crippen LogP contribution in [-0.4, -0.2) is 46.0 Å². The molecule has 0 aromatic heterocycles. The van der Waals surface area contributed by atoms with Crippen molar-refractivity contribution in [2.45, 2.75) is 19.3 Å². The maximum absolute atomic E-state index is 11.2. The van der Waals surface area contributed by atoms with E-state index in [1.807, 2.05) is 0 Å². The molecular formula is C11H11N3O5. The summed E-state index contributed by atoms with van der Waals surface area (Å²) in [7, 11) is 0. The SMILES string of the molecule is N=C(CCN1C(=O)C=CC1=O)ON1C(=O)CCC1=O. The van der Waals surface area contributed by atoms with Gasteiger partial charge in [-0.15, -0.1) is 5.06 Å². The summed E-state index contributed by atoms with van der Waals surface area (Å²) in [6, 6.07) is 0. The summed E-state index contributed by atoms with van der Waals surface area (Å²) in [5, 5.41) is 8.04. The highest BCUT2D eigenvalue weighted by molar-refractivity contribution is 6.13. The Bertz CT molecular complexity index is 476. The second-order valence-corrected chi connectivity index (χ2v) is 4.01. The van der Waals surface area contributed by atoms with Gasteiger partial charge in [-0.25, -0.2) is 0 Å². The van der Waals surface area contributed by atoms with Crippen molar-refractivity contribution in [2.75, 3.05) is 6.54 Å². The van der Waals surface area contributed by atoms with Crippen LogP contribution in [0.1, 0.15) is 19.3 Å². The standard InChI is InChI=1S/C11H11N3O5/c12-7(19-14-10(17)3-4-11(14)18)5-6-13-8(15)1-2-9(13)16/h1-2,12H,3-6H2. The number of nitrogens with one attached hydrogen (secondary N) is 1. The number of nitrogens with zero attached hydrogens (tertiary/aromatic N) is 2. The lowest BCUT2D eigenvalue weighted by atomic mass is 10.4. The monoisotopic (exact) mass is 265 g/mol. The number of hydrogen-bond acceptors (Lipinski definition) is 6. The average Bonchev–Trinajstić information content (AvgIpc) is 2.84. The Morgan fingerprint density at radius 1 is 1.11 bits per heavy atom. The van der Waals surface area contributed by atoms with Gasteiger partial charge in [0, 0.05) is 38.0 Å². The fourth-order valence-corrected chi connectivity index (χ4v) is 1.68. The maximum atomic E-state index is 11.2. The number of hydroxylamine groups is 2. The van der Waals surface area contributed by atoms with Gasteiger partial charge in [0.15, 0.2) is 0 Å². The van der Waals surface area contributed by atoms with Crippen LogP contribution >= 0.6 is 0 Å². The van der Waals surface area contributed by atoms with Gasteiger partial charge >= 0.3 is 0 Å². The van der Waals surface area contributed by atoms with Gasteiger partial charge in [0.05, 0.1) is 0 Å². The fraction of sp³-hybridized carbons (Fsp3) is 0.364. The van der Waals surface area contributed by atoms with Crippen molar-refractivity contribution in [2.24, 2.45) is 0 Å². The zero-order chi connectivity index (χ0) is 14.0. The van der Waals surface area contributed by atoms with E-state index in [4.69, 9.17) is 10.2 Å². The van der Waals surface area contributed by atoms with Crippen LogP contribution < -0.4 is 0 Å². The Kier molecular flexibility index (Phi) is 3.41. The molecule has 100 valence electrons. The Morgan fingerprint density at radius 2 is 1.63 bits per heavy atom. The molecule has 1 N–H and O–H groups in total. The summed E-state index contributed by atoms with van der Waals surface area (Å²) >= 11 is 0. The molecule has 0 aliphatic carbocycles. The third kappa shape index (κ3) is 2.67. The van der Waals surface area contributed by atoms with Crippen molar-refractivity contribution in [3.63, 3.8) is 0 Å². The Balaban J connectivity index is 1.82. The molecule has 2 rings (SSSR count). The van der Waals surface area contributed by atoms with E-state index in [0.29, 0.717) is 5.06 Å². The van der Waals surface area contributed by atoms with Crippen molar-refractivity contribution in [3.8, 4) is 0 Å². The van der Waals surface area contributed by atoms with Crippen LogP contribution in [0.5, 0.6) is 0 Å². The molecule has 8 heteroatoms. The molecule has 0 spiro atoms. The molecule has 0 aromatic rings. The van der Waals surface area contributed by atoms with Gasteiger partial charge < -0.3 is 4.84 Å². The van der Waals surface area contributed by atoms with E-state index < -0.39 is 23.6 Å². The zero-order valence-corrected chi connectivity index (χ0v) is 9.92. The molecule has 8 nitrogen and oxygen atoms in total.